The fourth-order valence-corrected chi connectivity index (χ4v) is 2.21. The molecule has 2 aromatic carbocycles. The molecule has 9 heteroatoms. The van der Waals surface area contributed by atoms with Crippen LogP contribution in [0.5, 0.6) is 5.75 Å². The Labute approximate surface area is 150 Å². The zero-order valence-electron chi connectivity index (χ0n) is 14.2. The molecule has 4 nitrogen and oxygen atoms in total. The van der Waals surface area contributed by atoms with Crippen LogP contribution in [-0.4, -0.2) is 11.9 Å². The predicted octanol–water partition coefficient (Wildman–Crippen LogP) is 4.99. The Kier molecular flexibility index (Phi) is 5.53. The number of carbonyl (C=O) groups is 2. The minimum Gasteiger partial charge on any atom is -0.426 e. The molecule has 0 saturated carbocycles. The maximum Gasteiger partial charge on any atom is 0.416 e. The predicted molar refractivity (Wildman–Crippen MR) is 86.7 cm³/mol. The van der Waals surface area contributed by atoms with Gasteiger partial charge in [0.15, 0.2) is 0 Å². The van der Waals surface area contributed by atoms with E-state index in [0.29, 0.717) is 19.1 Å². The highest BCUT2D eigenvalue weighted by atomic mass is 19.4. The highest BCUT2D eigenvalue weighted by Gasteiger charge is 2.34. The van der Waals surface area contributed by atoms with Gasteiger partial charge < -0.3 is 10.1 Å². The number of hydrogen-bond donors (Lipinski definition) is 1. The number of carbonyl (C=O) groups excluding carboxylic acids is 2. The third-order valence-electron chi connectivity index (χ3n) is 3.41. The molecule has 0 spiro atoms. The SMILES string of the molecule is CC(=O)Oc1ccccc1C(=O)Nc1cc(C(C)(F)F)cc(C(F)(F)F)c1. The topological polar surface area (TPSA) is 55.4 Å². The zero-order valence-corrected chi connectivity index (χ0v) is 14.2. The molecule has 1 amide bonds. The highest BCUT2D eigenvalue weighted by Crippen LogP contribution is 2.36. The van der Waals surface area contributed by atoms with Crippen molar-refractivity contribution in [1.29, 1.82) is 0 Å². The monoisotopic (exact) mass is 387 g/mol. The van der Waals surface area contributed by atoms with Gasteiger partial charge in [0.2, 0.25) is 0 Å². The largest absolute Gasteiger partial charge is 0.426 e. The molecule has 0 atom stereocenters. The molecule has 0 aromatic heterocycles. The minimum atomic E-state index is -4.88. The quantitative estimate of drug-likeness (QED) is 0.457. The first kappa shape index (κ1) is 20.3. The summed E-state index contributed by atoms with van der Waals surface area (Å²) in [5, 5.41) is 2.13. The van der Waals surface area contributed by atoms with Gasteiger partial charge in [0, 0.05) is 25.1 Å². The van der Waals surface area contributed by atoms with Crippen LogP contribution < -0.4 is 10.1 Å². The lowest BCUT2D eigenvalue weighted by molar-refractivity contribution is -0.137. The van der Waals surface area contributed by atoms with Crippen LogP contribution in [0.4, 0.5) is 27.6 Å². The van der Waals surface area contributed by atoms with E-state index in [1.54, 1.807) is 0 Å². The minimum absolute atomic E-state index is 0.115. The Balaban J connectivity index is 2.42. The third kappa shape index (κ3) is 5.25. The van der Waals surface area contributed by atoms with Gasteiger partial charge >= 0.3 is 12.1 Å². The van der Waals surface area contributed by atoms with Gasteiger partial charge in [-0.05, 0) is 30.3 Å². The molecule has 2 aromatic rings. The van der Waals surface area contributed by atoms with E-state index in [9.17, 15) is 31.5 Å². The van der Waals surface area contributed by atoms with Gasteiger partial charge in [0.05, 0.1) is 11.1 Å². The summed E-state index contributed by atoms with van der Waals surface area (Å²) in [6.45, 7) is 1.56. The highest BCUT2D eigenvalue weighted by molar-refractivity contribution is 6.06. The normalized spacial score (nSPS) is 11.8. The van der Waals surface area contributed by atoms with Crippen LogP contribution in [0, 0.1) is 0 Å². The number of ether oxygens (including phenoxy) is 1. The molecule has 1 N–H and O–H groups in total. The summed E-state index contributed by atoms with van der Waals surface area (Å²) >= 11 is 0. The molecule has 0 heterocycles. The molecule has 2 rings (SSSR count). The van der Waals surface area contributed by atoms with Crippen molar-refractivity contribution >= 4 is 17.6 Å². The van der Waals surface area contributed by atoms with E-state index < -0.39 is 40.8 Å². The molecule has 0 fully saturated rings. The number of esters is 1. The van der Waals surface area contributed by atoms with E-state index in [2.05, 4.69) is 5.32 Å². The van der Waals surface area contributed by atoms with Crippen molar-refractivity contribution in [2.45, 2.75) is 25.9 Å². The third-order valence-corrected chi connectivity index (χ3v) is 3.41. The van der Waals surface area contributed by atoms with Crippen LogP contribution in [-0.2, 0) is 16.9 Å². The summed E-state index contributed by atoms with van der Waals surface area (Å²) in [5.74, 6) is -5.29. The molecule has 0 aliphatic heterocycles. The van der Waals surface area contributed by atoms with Gasteiger partial charge in [-0.1, -0.05) is 12.1 Å². The van der Waals surface area contributed by atoms with Crippen molar-refractivity contribution in [2.75, 3.05) is 5.32 Å². The lowest BCUT2D eigenvalue weighted by Gasteiger charge is -2.17. The van der Waals surface area contributed by atoms with Crippen LogP contribution in [0.2, 0.25) is 0 Å². The summed E-state index contributed by atoms with van der Waals surface area (Å²) < 4.78 is 70.9. The standard InChI is InChI=1S/C18H14F5NO3/c1-10(25)27-15-6-4-3-5-14(15)16(26)24-13-8-11(17(2,19)20)7-12(9-13)18(21,22)23/h3-9H,1-2H3,(H,24,26). The molecule has 0 aliphatic rings. The summed E-state index contributed by atoms with van der Waals surface area (Å²) in [4.78, 5) is 23.5. The summed E-state index contributed by atoms with van der Waals surface area (Å²) in [6.07, 6.45) is -4.88. The smallest absolute Gasteiger partial charge is 0.416 e. The van der Waals surface area contributed by atoms with Crippen molar-refractivity contribution < 1.29 is 36.3 Å². The Morgan fingerprint density at radius 1 is 0.963 bits per heavy atom. The lowest BCUT2D eigenvalue weighted by Crippen LogP contribution is -2.17. The average Bonchev–Trinajstić information content (AvgIpc) is 2.52. The van der Waals surface area contributed by atoms with Crippen LogP contribution in [0.3, 0.4) is 0 Å². The van der Waals surface area contributed by atoms with Crippen LogP contribution >= 0.6 is 0 Å². The van der Waals surface area contributed by atoms with Gasteiger partial charge in [0.25, 0.3) is 11.8 Å². The van der Waals surface area contributed by atoms with Crippen molar-refractivity contribution in [3.63, 3.8) is 0 Å². The molecular formula is C18H14F5NO3. The fourth-order valence-electron chi connectivity index (χ4n) is 2.21. The Morgan fingerprint density at radius 2 is 1.56 bits per heavy atom. The van der Waals surface area contributed by atoms with Crippen molar-refractivity contribution in [1.82, 2.24) is 0 Å². The molecule has 27 heavy (non-hydrogen) atoms. The molecular weight excluding hydrogens is 373 g/mol. The van der Waals surface area contributed by atoms with E-state index in [0.717, 1.165) is 13.0 Å². The molecule has 144 valence electrons. The fraction of sp³-hybridized carbons (Fsp3) is 0.222. The van der Waals surface area contributed by atoms with E-state index in [1.165, 1.54) is 24.3 Å². The Hall–Kier alpha value is -2.97. The van der Waals surface area contributed by atoms with Crippen molar-refractivity contribution in [3.05, 3.63) is 59.2 Å². The second-order valence-electron chi connectivity index (χ2n) is 5.73. The van der Waals surface area contributed by atoms with E-state index in [-0.39, 0.29) is 11.3 Å². The van der Waals surface area contributed by atoms with Crippen LogP contribution in [0.1, 0.15) is 35.3 Å². The van der Waals surface area contributed by atoms with Crippen LogP contribution in [0.15, 0.2) is 42.5 Å². The number of rotatable bonds is 4. The molecule has 0 bridgehead atoms. The number of nitrogens with one attached hydrogen (secondary N) is 1. The van der Waals surface area contributed by atoms with Gasteiger partial charge in [-0.25, -0.2) is 8.78 Å². The number of anilines is 1. The summed E-state index contributed by atoms with van der Waals surface area (Å²) in [6, 6.07) is 7.13. The summed E-state index contributed by atoms with van der Waals surface area (Å²) in [7, 11) is 0. The maximum absolute atomic E-state index is 13.5. The van der Waals surface area contributed by atoms with E-state index >= 15 is 0 Å². The number of alkyl halides is 5. The second kappa shape index (κ2) is 7.34. The first-order valence-corrected chi connectivity index (χ1v) is 7.57. The summed E-state index contributed by atoms with van der Waals surface area (Å²) in [5.41, 5.74) is -2.84. The molecule has 0 unspecified atom stereocenters. The number of halogens is 5. The zero-order chi connectivity index (χ0) is 20.4. The number of amides is 1. The molecule has 0 saturated heterocycles. The van der Waals surface area contributed by atoms with Crippen molar-refractivity contribution in [3.8, 4) is 5.75 Å². The van der Waals surface area contributed by atoms with Gasteiger partial charge in [-0.15, -0.1) is 0 Å². The molecule has 0 radical (unpaired) electrons. The first-order valence-electron chi connectivity index (χ1n) is 7.57. The number of benzene rings is 2. The van der Waals surface area contributed by atoms with E-state index in [1.807, 2.05) is 0 Å². The Morgan fingerprint density at radius 3 is 2.11 bits per heavy atom. The molecule has 0 aliphatic carbocycles. The van der Waals surface area contributed by atoms with Gasteiger partial charge in [-0.2, -0.15) is 13.2 Å². The average molecular weight is 387 g/mol. The second-order valence-corrected chi connectivity index (χ2v) is 5.73. The van der Waals surface area contributed by atoms with Gasteiger partial charge in [0.1, 0.15) is 5.75 Å². The first-order chi connectivity index (χ1) is 12.4. The Bertz CT molecular complexity index is 840. The van der Waals surface area contributed by atoms with Crippen molar-refractivity contribution in [2.24, 2.45) is 0 Å². The number of hydrogen-bond acceptors (Lipinski definition) is 3. The maximum atomic E-state index is 13.5. The number of para-hydroxylation sites is 1. The lowest BCUT2D eigenvalue weighted by atomic mass is 10.0. The van der Waals surface area contributed by atoms with E-state index in [4.69, 9.17) is 4.74 Å². The van der Waals surface area contributed by atoms with Gasteiger partial charge in [-0.3, -0.25) is 9.59 Å². The van der Waals surface area contributed by atoms with Crippen LogP contribution in [0.25, 0.3) is 0 Å².